The second kappa shape index (κ2) is 6.28. The van der Waals surface area contributed by atoms with E-state index in [-0.39, 0.29) is 16.7 Å². The fraction of sp³-hybridized carbons (Fsp3) is 0.235. The van der Waals surface area contributed by atoms with E-state index < -0.39 is 7.60 Å². The van der Waals surface area contributed by atoms with Crippen molar-refractivity contribution in [1.29, 1.82) is 0 Å². The van der Waals surface area contributed by atoms with Gasteiger partial charge < -0.3 is 14.5 Å². The Kier molecular flexibility index (Phi) is 4.76. The van der Waals surface area contributed by atoms with Crippen LogP contribution in [-0.4, -0.2) is 22.9 Å². The monoisotopic (exact) mass is 334 g/mol. The number of benzene rings is 2. The number of esters is 1. The highest BCUT2D eigenvalue weighted by Crippen LogP contribution is 2.35. The average molecular weight is 334 g/mol. The van der Waals surface area contributed by atoms with Gasteiger partial charge in [-0.2, -0.15) is 0 Å². The Morgan fingerprint density at radius 1 is 0.957 bits per heavy atom. The standard InChI is InChI=1S/C17H19O5P/c1-17(2,13-6-4-12(5-7-13)16(18)22-3)14-8-10-15(11-9-14)23(19,20)21/h4-11H,1-3H3,(H2,19,20,21). The van der Waals surface area contributed by atoms with E-state index in [0.717, 1.165) is 11.1 Å². The molecular formula is C17H19O5P. The average Bonchev–Trinajstić information content (AvgIpc) is 2.53. The van der Waals surface area contributed by atoms with Gasteiger partial charge in [0.1, 0.15) is 0 Å². The van der Waals surface area contributed by atoms with Crippen LogP contribution in [-0.2, 0) is 14.7 Å². The third kappa shape index (κ3) is 3.70. The van der Waals surface area contributed by atoms with Crippen LogP contribution in [0.3, 0.4) is 0 Å². The van der Waals surface area contributed by atoms with Crippen molar-refractivity contribution >= 4 is 18.9 Å². The van der Waals surface area contributed by atoms with E-state index in [2.05, 4.69) is 4.74 Å². The van der Waals surface area contributed by atoms with Crippen molar-refractivity contribution in [3.05, 3.63) is 65.2 Å². The normalized spacial score (nSPS) is 12.0. The van der Waals surface area contributed by atoms with Gasteiger partial charge in [-0.25, -0.2) is 4.79 Å². The Morgan fingerprint density at radius 3 is 1.78 bits per heavy atom. The van der Waals surface area contributed by atoms with Crippen LogP contribution >= 0.6 is 7.60 Å². The van der Waals surface area contributed by atoms with Gasteiger partial charge in [-0.3, -0.25) is 4.57 Å². The predicted molar refractivity (Wildman–Crippen MR) is 88.0 cm³/mol. The van der Waals surface area contributed by atoms with Crippen LogP contribution in [0.25, 0.3) is 0 Å². The summed E-state index contributed by atoms with van der Waals surface area (Å²) >= 11 is 0. The lowest BCUT2D eigenvalue weighted by Crippen LogP contribution is -2.20. The van der Waals surface area contributed by atoms with E-state index in [9.17, 15) is 19.1 Å². The lowest BCUT2D eigenvalue weighted by atomic mass is 9.78. The van der Waals surface area contributed by atoms with Crippen LogP contribution in [0.15, 0.2) is 48.5 Å². The number of methoxy groups -OCH3 is 1. The molecule has 6 heteroatoms. The zero-order chi connectivity index (χ0) is 17.3. The molecule has 2 rings (SSSR count). The van der Waals surface area contributed by atoms with Crippen molar-refractivity contribution in [2.45, 2.75) is 19.3 Å². The fourth-order valence-corrected chi connectivity index (χ4v) is 2.92. The SMILES string of the molecule is COC(=O)c1ccc(C(C)(C)c2ccc(P(=O)(O)O)cc2)cc1. The Labute approximate surface area is 135 Å². The third-order valence-electron chi connectivity index (χ3n) is 3.95. The van der Waals surface area contributed by atoms with Crippen LogP contribution in [0, 0.1) is 0 Å². The zero-order valence-corrected chi connectivity index (χ0v) is 14.1. The molecule has 0 saturated carbocycles. The van der Waals surface area contributed by atoms with Crippen molar-refractivity contribution in [3.63, 3.8) is 0 Å². The molecule has 0 aliphatic carbocycles. The molecule has 0 atom stereocenters. The summed E-state index contributed by atoms with van der Waals surface area (Å²) in [6, 6.07) is 13.4. The summed E-state index contributed by atoms with van der Waals surface area (Å²) in [5, 5.41) is -0.00177. The molecule has 0 unspecified atom stereocenters. The molecule has 0 saturated heterocycles. The molecule has 2 aromatic rings. The van der Waals surface area contributed by atoms with Crippen molar-refractivity contribution in [2.75, 3.05) is 7.11 Å². The summed E-state index contributed by atoms with van der Waals surface area (Å²) in [6.45, 7) is 4.01. The van der Waals surface area contributed by atoms with Gasteiger partial charge in [0.2, 0.25) is 0 Å². The minimum Gasteiger partial charge on any atom is -0.465 e. The second-order valence-corrected chi connectivity index (χ2v) is 7.39. The maximum atomic E-state index is 11.5. The number of ether oxygens (including phenoxy) is 1. The second-order valence-electron chi connectivity index (χ2n) is 5.78. The van der Waals surface area contributed by atoms with Crippen LogP contribution in [0.5, 0.6) is 0 Å². The summed E-state index contributed by atoms with van der Waals surface area (Å²) in [5.74, 6) is -0.389. The first-order valence-electron chi connectivity index (χ1n) is 7.02. The molecule has 2 aromatic carbocycles. The van der Waals surface area contributed by atoms with Crippen molar-refractivity contribution in [1.82, 2.24) is 0 Å². The molecule has 0 aliphatic heterocycles. The van der Waals surface area contributed by atoms with Gasteiger partial charge in [0.25, 0.3) is 0 Å². The lowest BCUT2D eigenvalue weighted by Gasteiger charge is -2.26. The number of carbonyl (C=O) groups is 1. The van der Waals surface area contributed by atoms with E-state index in [1.54, 1.807) is 24.3 Å². The predicted octanol–water partition coefficient (Wildman–Crippen LogP) is 2.60. The van der Waals surface area contributed by atoms with Gasteiger partial charge in [0, 0.05) is 5.41 Å². The maximum absolute atomic E-state index is 11.5. The van der Waals surface area contributed by atoms with Crippen molar-refractivity contribution < 1.29 is 23.9 Å². The van der Waals surface area contributed by atoms with Crippen molar-refractivity contribution in [2.24, 2.45) is 0 Å². The van der Waals surface area contributed by atoms with Gasteiger partial charge in [-0.15, -0.1) is 0 Å². The first-order chi connectivity index (χ1) is 10.7. The quantitative estimate of drug-likeness (QED) is 0.663. The molecule has 2 N–H and O–H groups in total. The summed E-state index contributed by atoms with van der Waals surface area (Å²) in [7, 11) is -2.90. The van der Waals surface area contributed by atoms with Crippen LogP contribution in [0.2, 0.25) is 0 Å². The van der Waals surface area contributed by atoms with E-state index >= 15 is 0 Å². The Balaban J connectivity index is 2.34. The smallest absolute Gasteiger partial charge is 0.356 e. The third-order valence-corrected chi connectivity index (χ3v) is 4.92. The van der Waals surface area contributed by atoms with Crippen LogP contribution < -0.4 is 5.30 Å². The Hall–Kier alpha value is -1.94. The van der Waals surface area contributed by atoms with E-state index in [1.807, 2.05) is 26.0 Å². The molecule has 0 aliphatic rings. The summed E-state index contributed by atoms with van der Waals surface area (Å²) < 4.78 is 15.9. The van der Waals surface area contributed by atoms with E-state index in [0.29, 0.717) is 5.56 Å². The first-order valence-corrected chi connectivity index (χ1v) is 8.63. The van der Waals surface area contributed by atoms with E-state index in [1.165, 1.54) is 19.2 Å². The zero-order valence-electron chi connectivity index (χ0n) is 13.2. The molecule has 0 radical (unpaired) electrons. The minimum absolute atomic E-state index is 0.00177. The van der Waals surface area contributed by atoms with E-state index in [4.69, 9.17) is 0 Å². The number of carbonyl (C=O) groups excluding carboxylic acids is 1. The molecule has 0 heterocycles. The van der Waals surface area contributed by atoms with Gasteiger partial charge in [0.05, 0.1) is 18.0 Å². The highest BCUT2D eigenvalue weighted by atomic mass is 31.2. The largest absolute Gasteiger partial charge is 0.465 e. The Bertz CT molecular complexity index is 742. The van der Waals surface area contributed by atoms with Gasteiger partial charge in [-0.1, -0.05) is 38.1 Å². The number of hydrogen-bond acceptors (Lipinski definition) is 3. The number of hydrogen-bond donors (Lipinski definition) is 2. The molecule has 0 bridgehead atoms. The summed E-state index contributed by atoms with van der Waals surface area (Å²) in [6.07, 6.45) is 0. The van der Waals surface area contributed by atoms with Crippen molar-refractivity contribution in [3.8, 4) is 0 Å². The molecule has 0 spiro atoms. The number of rotatable bonds is 4. The fourth-order valence-electron chi connectivity index (χ4n) is 2.38. The summed E-state index contributed by atoms with van der Waals surface area (Å²) in [4.78, 5) is 29.8. The highest BCUT2D eigenvalue weighted by molar-refractivity contribution is 7.60. The lowest BCUT2D eigenvalue weighted by molar-refractivity contribution is 0.0600. The molecule has 5 nitrogen and oxygen atoms in total. The van der Waals surface area contributed by atoms with Gasteiger partial charge in [-0.05, 0) is 35.4 Å². The maximum Gasteiger partial charge on any atom is 0.356 e. The Morgan fingerprint density at radius 2 is 1.39 bits per heavy atom. The van der Waals surface area contributed by atoms with Gasteiger partial charge in [0.15, 0.2) is 0 Å². The minimum atomic E-state index is -4.23. The van der Waals surface area contributed by atoms with Crippen LogP contribution in [0.1, 0.15) is 35.3 Å². The molecular weight excluding hydrogens is 315 g/mol. The molecule has 0 amide bonds. The molecule has 0 aromatic heterocycles. The van der Waals surface area contributed by atoms with Gasteiger partial charge >= 0.3 is 13.6 Å². The first kappa shape index (κ1) is 17.4. The molecule has 23 heavy (non-hydrogen) atoms. The summed E-state index contributed by atoms with van der Waals surface area (Å²) in [5.41, 5.74) is 2.00. The highest BCUT2D eigenvalue weighted by Gasteiger charge is 2.25. The molecule has 0 fully saturated rings. The molecule has 122 valence electrons. The topological polar surface area (TPSA) is 83.8 Å². The van der Waals surface area contributed by atoms with Crippen LogP contribution in [0.4, 0.5) is 0 Å².